The average molecular weight is 272 g/mol. The first-order valence-electron chi connectivity index (χ1n) is 6.19. The molecule has 0 amide bonds. The maximum absolute atomic E-state index is 5.92. The highest BCUT2D eigenvalue weighted by atomic mass is 32.1. The quantitative estimate of drug-likeness (QED) is 0.565. The average Bonchev–Trinajstić information content (AvgIpc) is 2.97. The fourth-order valence-electron chi connectivity index (χ4n) is 2.29. The van der Waals surface area contributed by atoms with Crippen molar-refractivity contribution in [3.8, 4) is 0 Å². The van der Waals surface area contributed by atoms with Gasteiger partial charge in [0.1, 0.15) is 17.4 Å². The minimum atomic E-state index is -0.0901. The van der Waals surface area contributed by atoms with Crippen molar-refractivity contribution in [1.82, 2.24) is 5.43 Å². The molecule has 0 aliphatic rings. The molecule has 3 N–H and O–H groups in total. The van der Waals surface area contributed by atoms with Crippen molar-refractivity contribution < 1.29 is 4.42 Å². The third-order valence-corrected chi connectivity index (χ3v) is 4.39. The Labute approximate surface area is 116 Å². The summed E-state index contributed by atoms with van der Waals surface area (Å²) >= 11 is 1.69. The van der Waals surface area contributed by atoms with Crippen LogP contribution in [0.25, 0.3) is 11.0 Å². The number of hydrazine groups is 1. The zero-order valence-corrected chi connectivity index (χ0v) is 11.8. The van der Waals surface area contributed by atoms with Gasteiger partial charge in [0.25, 0.3) is 0 Å². The molecule has 0 aliphatic carbocycles. The standard InChI is InChI=1S/C15H16N2OS/c1-9-3-4-12-11(7-9)8-13(18-12)14(17-16)15-10(2)5-6-19-15/h3-8,14,17H,16H2,1-2H3. The Balaban J connectivity index is 2.09. The van der Waals surface area contributed by atoms with Gasteiger partial charge < -0.3 is 4.42 Å². The third kappa shape index (κ3) is 2.18. The Morgan fingerprint density at radius 2 is 2.05 bits per heavy atom. The van der Waals surface area contributed by atoms with Gasteiger partial charge in [-0.1, -0.05) is 11.6 Å². The number of aryl methyl sites for hydroxylation is 2. The van der Waals surface area contributed by atoms with Crippen molar-refractivity contribution in [3.63, 3.8) is 0 Å². The first kappa shape index (κ1) is 12.4. The smallest absolute Gasteiger partial charge is 0.134 e. The molecule has 0 fully saturated rings. The second-order valence-electron chi connectivity index (χ2n) is 4.76. The number of benzene rings is 1. The van der Waals surface area contributed by atoms with E-state index >= 15 is 0 Å². The SMILES string of the molecule is Cc1ccc2oc(C(NN)c3sccc3C)cc2c1. The van der Waals surface area contributed by atoms with E-state index < -0.39 is 0 Å². The third-order valence-electron chi connectivity index (χ3n) is 3.31. The van der Waals surface area contributed by atoms with Gasteiger partial charge in [-0.15, -0.1) is 11.3 Å². The van der Waals surface area contributed by atoms with Crippen LogP contribution in [-0.2, 0) is 0 Å². The predicted molar refractivity (Wildman–Crippen MR) is 79.2 cm³/mol. The van der Waals surface area contributed by atoms with E-state index in [1.54, 1.807) is 11.3 Å². The van der Waals surface area contributed by atoms with Gasteiger partial charge in [-0.25, -0.2) is 5.43 Å². The molecular formula is C15H16N2OS. The molecule has 0 bridgehead atoms. The van der Waals surface area contributed by atoms with E-state index in [4.69, 9.17) is 10.3 Å². The van der Waals surface area contributed by atoms with E-state index in [1.165, 1.54) is 16.0 Å². The molecule has 1 aromatic carbocycles. The lowest BCUT2D eigenvalue weighted by Gasteiger charge is -2.12. The highest BCUT2D eigenvalue weighted by Crippen LogP contribution is 2.32. The van der Waals surface area contributed by atoms with Crippen molar-refractivity contribution in [2.24, 2.45) is 5.84 Å². The number of hydrogen-bond acceptors (Lipinski definition) is 4. The second-order valence-corrected chi connectivity index (χ2v) is 5.71. The number of nitrogens with one attached hydrogen (secondary N) is 1. The van der Waals surface area contributed by atoms with Crippen molar-refractivity contribution in [3.05, 3.63) is 57.5 Å². The van der Waals surface area contributed by atoms with E-state index in [0.717, 1.165) is 16.7 Å². The summed E-state index contributed by atoms with van der Waals surface area (Å²) in [5.41, 5.74) is 6.20. The first-order valence-corrected chi connectivity index (χ1v) is 7.07. The summed E-state index contributed by atoms with van der Waals surface area (Å²) in [6, 6.07) is 10.2. The van der Waals surface area contributed by atoms with Gasteiger partial charge in [0.15, 0.2) is 0 Å². The monoisotopic (exact) mass is 272 g/mol. The van der Waals surface area contributed by atoms with E-state index in [2.05, 4.69) is 48.9 Å². The van der Waals surface area contributed by atoms with Gasteiger partial charge in [0.2, 0.25) is 0 Å². The Morgan fingerprint density at radius 3 is 2.74 bits per heavy atom. The number of rotatable bonds is 3. The summed E-state index contributed by atoms with van der Waals surface area (Å²) < 4.78 is 5.92. The molecule has 1 unspecified atom stereocenters. The second kappa shape index (κ2) is 4.81. The Morgan fingerprint density at radius 1 is 1.21 bits per heavy atom. The van der Waals surface area contributed by atoms with Crippen LogP contribution in [0.3, 0.4) is 0 Å². The van der Waals surface area contributed by atoms with Crippen LogP contribution in [0, 0.1) is 13.8 Å². The lowest BCUT2D eigenvalue weighted by Crippen LogP contribution is -2.28. The van der Waals surface area contributed by atoms with Crippen LogP contribution >= 0.6 is 11.3 Å². The zero-order valence-electron chi connectivity index (χ0n) is 10.9. The molecule has 3 nitrogen and oxygen atoms in total. The largest absolute Gasteiger partial charge is 0.459 e. The molecule has 4 heteroatoms. The number of furan rings is 1. The molecule has 1 atom stereocenters. The number of hydrogen-bond donors (Lipinski definition) is 2. The highest BCUT2D eigenvalue weighted by molar-refractivity contribution is 7.10. The van der Waals surface area contributed by atoms with Gasteiger partial charge in [-0.2, -0.15) is 0 Å². The predicted octanol–water partition coefficient (Wildman–Crippen LogP) is 3.66. The number of fused-ring (bicyclic) bond motifs is 1. The summed E-state index contributed by atoms with van der Waals surface area (Å²) in [5.74, 6) is 6.57. The van der Waals surface area contributed by atoms with Gasteiger partial charge in [0, 0.05) is 10.3 Å². The summed E-state index contributed by atoms with van der Waals surface area (Å²) in [7, 11) is 0. The summed E-state index contributed by atoms with van der Waals surface area (Å²) in [6.07, 6.45) is 0. The Bertz CT molecular complexity index is 714. The molecule has 0 saturated carbocycles. The van der Waals surface area contributed by atoms with Gasteiger partial charge in [-0.05, 0) is 49.1 Å². The van der Waals surface area contributed by atoms with Gasteiger partial charge in [0.05, 0.1) is 0 Å². The van der Waals surface area contributed by atoms with E-state index in [0.29, 0.717) is 0 Å². The lowest BCUT2D eigenvalue weighted by atomic mass is 10.1. The van der Waals surface area contributed by atoms with Crippen molar-refractivity contribution in [2.75, 3.05) is 0 Å². The molecule has 2 heterocycles. The topological polar surface area (TPSA) is 51.2 Å². The molecular weight excluding hydrogens is 256 g/mol. The summed E-state index contributed by atoms with van der Waals surface area (Å²) in [4.78, 5) is 1.19. The molecule has 2 aromatic heterocycles. The first-order chi connectivity index (χ1) is 9.19. The molecule has 19 heavy (non-hydrogen) atoms. The number of thiophene rings is 1. The van der Waals surface area contributed by atoms with Gasteiger partial charge in [-0.3, -0.25) is 5.84 Å². The fourth-order valence-corrected chi connectivity index (χ4v) is 3.29. The van der Waals surface area contributed by atoms with E-state index in [1.807, 2.05) is 6.07 Å². The van der Waals surface area contributed by atoms with Crippen LogP contribution < -0.4 is 11.3 Å². The van der Waals surface area contributed by atoms with E-state index in [-0.39, 0.29) is 6.04 Å². The summed E-state index contributed by atoms with van der Waals surface area (Å²) in [5, 5.41) is 3.19. The minimum absolute atomic E-state index is 0.0901. The van der Waals surface area contributed by atoms with Crippen LogP contribution in [-0.4, -0.2) is 0 Å². The zero-order chi connectivity index (χ0) is 13.4. The molecule has 0 aliphatic heterocycles. The maximum atomic E-state index is 5.92. The van der Waals surface area contributed by atoms with Crippen LogP contribution in [0.1, 0.15) is 27.8 Å². The van der Waals surface area contributed by atoms with Crippen LogP contribution in [0.4, 0.5) is 0 Å². The number of nitrogens with two attached hydrogens (primary N) is 1. The molecule has 0 radical (unpaired) electrons. The highest BCUT2D eigenvalue weighted by Gasteiger charge is 2.20. The van der Waals surface area contributed by atoms with Crippen molar-refractivity contribution >= 4 is 22.3 Å². The lowest BCUT2D eigenvalue weighted by molar-refractivity contribution is 0.480. The van der Waals surface area contributed by atoms with E-state index in [9.17, 15) is 0 Å². The van der Waals surface area contributed by atoms with Crippen molar-refractivity contribution in [1.29, 1.82) is 0 Å². The molecule has 3 rings (SSSR count). The Kier molecular flexibility index (Phi) is 3.14. The molecule has 3 aromatic rings. The maximum Gasteiger partial charge on any atom is 0.134 e. The van der Waals surface area contributed by atoms with Crippen LogP contribution in [0.5, 0.6) is 0 Å². The molecule has 0 saturated heterocycles. The fraction of sp³-hybridized carbons (Fsp3) is 0.200. The summed E-state index contributed by atoms with van der Waals surface area (Å²) in [6.45, 7) is 4.16. The minimum Gasteiger partial charge on any atom is -0.459 e. The molecule has 98 valence electrons. The van der Waals surface area contributed by atoms with Crippen LogP contribution in [0.15, 0.2) is 40.1 Å². The van der Waals surface area contributed by atoms with Gasteiger partial charge >= 0.3 is 0 Å². The normalized spacial score (nSPS) is 13.0. The Hall–Kier alpha value is -1.62. The van der Waals surface area contributed by atoms with Crippen LogP contribution in [0.2, 0.25) is 0 Å². The molecule has 0 spiro atoms. The van der Waals surface area contributed by atoms with Crippen molar-refractivity contribution in [2.45, 2.75) is 19.9 Å².